The Labute approximate surface area is 191 Å². The first-order valence-corrected chi connectivity index (χ1v) is 11.7. The van der Waals surface area contributed by atoms with E-state index >= 15 is 0 Å². The molecule has 0 aliphatic carbocycles. The molecule has 0 radical (unpaired) electrons. The second-order valence-corrected chi connectivity index (χ2v) is 8.84. The first kappa shape index (κ1) is 22.5. The van der Waals surface area contributed by atoms with Gasteiger partial charge in [0.05, 0.1) is 0 Å². The van der Waals surface area contributed by atoms with Gasteiger partial charge in [0.1, 0.15) is 6.04 Å². The molecule has 2 unspecified atom stereocenters. The fourth-order valence-electron chi connectivity index (χ4n) is 4.88. The number of likely N-dealkylation sites (tertiary alicyclic amines) is 1. The second kappa shape index (κ2) is 10.7. The van der Waals surface area contributed by atoms with Crippen LogP contribution in [0.5, 0.6) is 0 Å². The topological polar surface area (TPSA) is 55.9 Å². The number of nitrogens with zero attached hydrogens (tertiary/aromatic N) is 3. The zero-order chi connectivity index (χ0) is 22.3. The van der Waals surface area contributed by atoms with Gasteiger partial charge in [0.25, 0.3) is 0 Å². The van der Waals surface area contributed by atoms with Gasteiger partial charge in [-0.05, 0) is 24.0 Å². The van der Waals surface area contributed by atoms with Crippen LogP contribution < -0.4 is 5.32 Å². The Hall–Kier alpha value is -2.70. The van der Waals surface area contributed by atoms with Crippen LogP contribution in [-0.2, 0) is 22.6 Å². The van der Waals surface area contributed by atoms with Crippen LogP contribution in [0, 0.1) is 0 Å². The average molecular weight is 435 g/mol. The standard InChI is InChI=1S/C26H34N4O2/c1-21(31)30-20-24(18-25(30)26(32)28-16-13-27-14-17-28)29(19-23-10-6-3-7-11-23)15-12-22-8-4-2-5-9-22/h2-11,24-25,27H,12-20H2,1H3. The summed E-state index contributed by atoms with van der Waals surface area (Å²) in [6.45, 7) is 6.98. The van der Waals surface area contributed by atoms with E-state index in [0.29, 0.717) is 26.1 Å². The normalized spacial score (nSPS) is 21.2. The van der Waals surface area contributed by atoms with Gasteiger partial charge in [0.2, 0.25) is 11.8 Å². The Morgan fingerprint density at radius 2 is 1.59 bits per heavy atom. The van der Waals surface area contributed by atoms with E-state index in [2.05, 4.69) is 58.7 Å². The highest BCUT2D eigenvalue weighted by atomic mass is 16.2. The van der Waals surface area contributed by atoms with Crippen molar-refractivity contribution < 1.29 is 9.59 Å². The average Bonchev–Trinajstić information content (AvgIpc) is 3.29. The number of benzene rings is 2. The summed E-state index contributed by atoms with van der Waals surface area (Å²) in [5.41, 5.74) is 2.56. The molecule has 0 aromatic heterocycles. The summed E-state index contributed by atoms with van der Waals surface area (Å²) in [6.07, 6.45) is 1.64. The van der Waals surface area contributed by atoms with Gasteiger partial charge in [-0.2, -0.15) is 0 Å². The smallest absolute Gasteiger partial charge is 0.245 e. The largest absolute Gasteiger partial charge is 0.338 e. The molecule has 170 valence electrons. The number of nitrogens with one attached hydrogen (secondary N) is 1. The Balaban J connectivity index is 1.50. The van der Waals surface area contributed by atoms with E-state index in [9.17, 15) is 9.59 Å². The van der Waals surface area contributed by atoms with E-state index in [1.54, 1.807) is 11.8 Å². The summed E-state index contributed by atoms with van der Waals surface area (Å²) in [7, 11) is 0. The predicted molar refractivity (Wildman–Crippen MR) is 126 cm³/mol. The molecule has 0 bridgehead atoms. The van der Waals surface area contributed by atoms with E-state index in [-0.39, 0.29) is 23.9 Å². The maximum absolute atomic E-state index is 13.3. The van der Waals surface area contributed by atoms with E-state index in [1.165, 1.54) is 11.1 Å². The third kappa shape index (κ3) is 5.56. The van der Waals surface area contributed by atoms with Crippen molar-refractivity contribution in [1.29, 1.82) is 0 Å². The molecular formula is C26H34N4O2. The van der Waals surface area contributed by atoms with Gasteiger partial charge in [-0.1, -0.05) is 60.7 Å². The van der Waals surface area contributed by atoms with Gasteiger partial charge in [-0.25, -0.2) is 0 Å². The molecule has 32 heavy (non-hydrogen) atoms. The molecule has 2 aromatic rings. The van der Waals surface area contributed by atoms with Crippen molar-refractivity contribution in [2.24, 2.45) is 0 Å². The molecule has 4 rings (SSSR count). The summed E-state index contributed by atoms with van der Waals surface area (Å²) in [5.74, 6) is 0.0932. The minimum atomic E-state index is -0.356. The van der Waals surface area contributed by atoms with E-state index in [4.69, 9.17) is 0 Å². The predicted octanol–water partition coefficient (Wildman–Crippen LogP) is 2.15. The van der Waals surface area contributed by atoms with Crippen LogP contribution in [0.1, 0.15) is 24.5 Å². The molecule has 2 amide bonds. The molecule has 1 N–H and O–H groups in total. The van der Waals surface area contributed by atoms with E-state index in [0.717, 1.165) is 32.6 Å². The molecule has 2 aliphatic rings. The lowest BCUT2D eigenvalue weighted by Crippen LogP contribution is -2.53. The zero-order valence-corrected chi connectivity index (χ0v) is 19.0. The van der Waals surface area contributed by atoms with Crippen LogP contribution in [0.4, 0.5) is 0 Å². The maximum atomic E-state index is 13.3. The number of amides is 2. The number of carbonyl (C=O) groups excluding carboxylic acids is 2. The van der Waals surface area contributed by atoms with Crippen molar-refractivity contribution in [2.75, 3.05) is 39.3 Å². The number of hydrogen-bond acceptors (Lipinski definition) is 4. The second-order valence-electron chi connectivity index (χ2n) is 8.84. The Kier molecular flexibility index (Phi) is 7.55. The third-order valence-electron chi connectivity index (χ3n) is 6.67. The first-order chi connectivity index (χ1) is 15.6. The molecule has 6 nitrogen and oxygen atoms in total. The quantitative estimate of drug-likeness (QED) is 0.726. The van der Waals surface area contributed by atoms with Crippen molar-refractivity contribution in [3.63, 3.8) is 0 Å². The molecule has 0 spiro atoms. The van der Waals surface area contributed by atoms with Gasteiger partial charge >= 0.3 is 0 Å². The van der Waals surface area contributed by atoms with E-state index in [1.807, 2.05) is 17.0 Å². The van der Waals surface area contributed by atoms with Crippen molar-refractivity contribution in [3.05, 3.63) is 71.8 Å². The number of carbonyl (C=O) groups is 2. The molecule has 2 saturated heterocycles. The first-order valence-electron chi connectivity index (χ1n) is 11.7. The number of hydrogen-bond donors (Lipinski definition) is 1. The van der Waals surface area contributed by atoms with Crippen LogP contribution in [-0.4, -0.2) is 77.9 Å². The molecule has 2 aliphatic heterocycles. The highest BCUT2D eigenvalue weighted by molar-refractivity contribution is 5.87. The Morgan fingerprint density at radius 3 is 2.22 bits per heavy atom. The summed E-state index contributed by atoms with van der Waals surface area (Å²) in [5, 5.41) is 3.30. The fourth-order valence-corrected chi connectivity index (χ4v) is 4.88. The lowest BCUT2D eigenvalue weighted by Gasteiger charge is -2.32. The highest BCUT2D eigenvalue weighted by Crippen LogP contribution is 2.26. The fraction of sp³-hybridized carbons (Fsp3) is 0.462. The summed E-state index contributed by atoms with van der Waals surface area (Å²) < 4.78 is 0. The van der Waals surface area contributed by atoms with Crippen molar-refractivity contribution in [1.82, 2.24) is 20.0 Å². The molecule has 2 heterocycles. The molecule has 6 heteroatoms. The van der Waals surface area contributed by atoms with Gasteiger partial charge < -0.3 is 15.1 Å². The van der Waals surface area contributed by atoms with Crippen LogP contribution in [0.2, 0.25) is 0 Å². The van der Waals surface area contributed by atoms with Crippen molar-refractivity contribution in [2.45, 2.75) is 38.4 Å². The summed E-state index contributed by atoms with van der Waals surface area (Å²) >= 11 is 0. The number of piperazine rings is 1. The summed E-state index contributed by atoms with van der Waals surface area (Å²) in [6, 6.07) is 20.8. The van der Waals surface area contributed by atoms with Crippen molar-refractivity contribution >= 4 is 11.8 Å². The Morgan fingerprint density at radius 1 is 0.969 bits per heavy atom. The van der Waals surface area contributed by atoms with Crippen LogP contribution >= 0.6 is 0 Å². The van der Waals surface area contributed by atoms with Crippen molar-refractivity contribution in [3.8, 4) is 0 Å². The zero-order valence-electron chi connectivity index (χ0n) is 19.0. The Bertz CT molecular complexity index is 883. The molecule has 2 aromatic carbocycles. The minimum absolute atomic E-state index is 0.0105. The van der Waals surface area contributed by atoms with Crippen LogP contribution in [0.15, 0.2) is 60.7 Å². The molecule has 2 atom stereocenters. The molecular weight excluding hydrogens is 400 g/mol. The highest BCUT2D eigenvalue weighted by Gasteiger charge is 2.42. The molecule has 0 saturated carbocycles. The van der Waals surface area contributed by atoms with Gasteiger partial charge in [-0.15, -0.1) is 0 Å². The lowest BCUT2D eigenvalue weighted by atomic mass is 10.1. The van der Waals surface area contributed by atoms with Gasteiger partial charge in [0, 0.05) is 58.8 Å². The van der Waals surface area contributed by atoms with Gasteiger partial charge in [0.15, 0.2) is 0 Å². The summed E-state index contributed by atoms with van der Waals surface area (Å²) in [4.78, 5) is 32.0. The maximum Gasteiger partial charge on any atom is 0.245 e. The molecule has 2 fully saturated rings. The SMILES string of the molecule is CC(=O)N1CC(N(CCc2ccccc2)Cc2ccccc2)CC1C(=O)N1CCNCC1. The minimum Gasteiger partial charge on any atom is -0.338 e. The number of rotatable bonds is 7. The van der Waals surface area contributed by atoms with E-state index < -0.39 is 0 Å². The van der Waals surface area contributed by atoms with Gasteiger partial charge in [-0.3, -0.25) is 14.5 Å². The lowest BCUT2D eigenvalue weighted by molar-refractivity contribution is -0.143. The van der Waals surface area contributed by atoms with Crippen LogP contribution in [0.3, 0.4) is 0 Å². The third-order valence-corrected chi connectivity index (χ3v) is 6.67. The van der Waals surface area contributed by atoms with Crippen LogP contribution in [0.25, 0.3) is 0 Å². The monoisotopic (exact) mass is 434 g/mol.